The fraction of sp³-hybridized carbons (Fsp3) is 0.133. The van der Waals surface area contributed by atoms with Crippen LogP contribution < -0.4 is 11.1 Å². The SMILES string of the molecule is Cc1ccc(C(=O)Nc2ccc(F)cc2N)c(C)c1. The maximum atomic E-state index is 12.9. The van der Waals surface area contributed by atoms with Gasteiger partial charge in [0.1, 0.15) is 5.82 Å². The van der Waals surface area contributed by atoms with Crippen molar-refractivity contribution >= 4 is 17.3 Å². The second-order valence-corrected chi connectivity index (χ2v) is 4.50. The molecule has 1 amide bonds. The van der Waals surface area contributed by atoms with Crippen molar-refractivity contribution in [3.05, 3.63) is 58.9 Å². The first-order valence-electron chi connectivity index (χ1n) is 5.91. The third-order valence-corrected chi connectivity index (χ3v) is 2.89. The Morgan fingerprint density at radius 2 is 1.89 bits per heavy atom. The van der Waals surface area contributed by atoms with Crippen LogP contribution in [0, 0.1) is 19.7 Å². The van der Waals surface area contributed by atoms with Gasteiger partial charge in [0.15, 0.2) is 0 Å². The summed E-state index contributed by atoms with van der Waals surface area (Å²) in [5.74, 6) is -0.683. The molecule has 0 aliphatic rings. The number of hydrogen-bond acceptors (Lipinski definition) is 2. The summed E-state index contributed by atoms with van der Waals surface area (Å²) in [5, 5.41) is 2.68. The zero-order valence-electron chi connectivity index (χ0n) is 10.8. The summed E-state index contributed by atoms with van der Waals surface area (Å²) in [5.41, 5.74) is 8.83. The maximum absolute atomic E-state index is 12.9. The number of nitrogens with one attached hydrogen (secondary N) is 1. The van der Waals surface area contributed by atoms with Crippen LogP contribution in [0.2, 0.25) is 0 Å². The van der Waals surface area contributed by atoms with Crippen LogP contribution in [0.15, 0.2) is 36.4 Å². The molecule has 3 N–H and O–H groups in total. The molecule has 98 valence electrons. The van der Waals surface area contributed by atoms with E-state index in [-0.39, 0.29) is 11.6 Å². The largest absolute Gasteiger partial charge is 0.397 e. The summed E-state index contributed by atoms with van der Waals surface area (Å²) >= 11 is 0. The predicted molar refractivity (Wildman–Crippen MR) is 74.7 cm³/mol. The van der Waals surface area contributed by atoms with Gasteiger partial charge in [-0.25, -0.2) is 4.39 Å². The lowest BCUT2D eigenvalue weighted by molar-refractivity contribution is 0.102. The van der Waals surface area contributed by atoms with E-state index in [0.29, 0.717) is 11.3 Å². The minimum atomic E-state index is -0.429. The molecular weight excluding hydrogens is 243 g/mol. The van der Waals surface area contributed by atoms with Crippen molar-refractivity contribution in [3.8, 4) is 0 Å². The minimum absolute atomic E-state index is 0.207. The Hall–Kier alpha value is -2.36. The third-order valence-electron chi connectivity index (χ3n) is 2.89. The van der Waals surface area contributed by atoms with Crippen LogP contribution in [0.5, 0.6) is 0 Å². The average Bonchev–Trinajstić information content (AvgIpc) is 2.32. The molecule has 0 atom stereocenters. The molecule has 0 aliphatic heterocycles. The Morgan fingerprint density at radius 1 is 1.16 bits per heavy atom. The van der Waals surface area contributed by atoms with E-state index >= 15 is 0 Å². The fourth-order valence-corrected chi connectivity index (χ4v) is 1.91. The summed E-state index contributed by atoms with van der Waals surface area (Å²) < 4.78 is 12.9. The van der Waals surface area contributed by atoms with Gasteiger partial charge in [0.25, 0.3) is 5.91 Å². The highest BCUT2D eigenvalue weighted by Crippen LogP contribution is 2.20. The smallest absolute Gasteiger partial charge is 0.255 e. The monoisotopic (exact) mass is 258 g/mol. The fourth-order valence-electron chi connectivity index (χ4n) is 1.91. The lowest BCUT2D eigenvalue weighted by Gasteiger charge is -2.10. The lowest BCUT2D eigenvalue weighted by atomic mass is 10.1. The third kappa shape index (κ3) is 2.91. The summed E-state index contributed by atoms with van der Waals surface area (Å²) in [4.78, 5) is 12.1. The number of hydrogen-bond donors (Lipinski definition) is 2. The molecule has 4 heteroatoms. The topological polar surface area (TPSA) is 55.1 Å². The van der Waals surface area contributed by atoms with E-state index in [9.17, 15) is 9.18 Å². The molecule has 0 fully saturated rings. The van der Waals surface area contributed by atoms with E-state index in [1.54, 1.807) is 6.07 Å². The molecule has 0 bridgehead atoms. The van der Waals surface area contributed by atoms with Crippen LogP contribution >= 0.6 is 0 Å². The van der Waals surface area contributed by atoms with Crippen LogP contribution in [-0.4, -0.2) is 5.91 Å². The van der Waals surface area contributed by atoms with E-state index in [0.717, 1.165) is 11.1 Å². The molecule has 3 nitrogen and oxygen atoms in total. The summed E-state index contributed by atoms with van der Waals surface area (Å²) in [7, 11) is 0. The van der Waals surface area contributed by atoms with Gasteiger partial charge < -0.3 is 11.1 Å². The number of amides is 1. The first-order chi connectivity index (χ1) is 8.97. The Morgan fingerprint density at radius 3 is 2.53 bits per heavy atom. The number of nitrogen functional groups attached to an aromatic ring is 1. The Balaban J connectivity index is 2.25. The molecule has 0 aromatic heterocycles. The van der Waals surface area contributed by atoms with Crippen LogP contribution in [0.25, 0.3) is 0 Å². The Bertz CT molecular complexity index is 638. The second kappa shape index (κ2) is 5.10. The van der Waals surface area contributed by atoms with Crippen molar-refractivity contribution in [2.75, 3.05) is 11.1 Å². The Kier molecular flexibility index (Phi) is 3.51. The van der Waals surface area contributed by atoms with Crippen molar-refractivity contribution < 1.29 is 9.18 Å². The van der Waals surface area contributed by atoms with Gasteiger partial charge in [-0.2, -0.15) is 0 Å². The number of halogens is 1. The van der Waals surface area contributed by atoms with Crippen molar-refractivity contribution in [1.82, 2.24) is 0 Å². The highest BCUT2D eigenvalue weighted by molar-refractivity contribution is 6.06. The molecule has 2 aromatic rings. The minimum Gasteiger partial charge on any atom is -0.397 e. The Labute approximate surface area is 111 Å². The number of carbonyl (C=O) groups excluding carboxylic acids is 1. The number of benzene rings is 2. The molecule has 0 heterocycles. The molecule has 0 saturated carbocycles. The van der Waals surface area contributed by atoms with E-state index in [2.05, 4.69) is 5.32 Å². The highest BCUT2D eigenvalue weighted by atomic mass is 19.1. The zero-order chi connectivity index (χ0) is 14.0. The van der Waals surface area contributed by atoms with Gasteiger partial charge >= 0.3 is 0 Å². The molecule has 2 aromatic carbocycles. The summed E-state index contributed by atoms with van der Waals surface area (Å²) in [6.07, 6.45) is 0. The number of nitrogens with two attached hydrogens (primary N) is 1. The summed E-state index contributed by atoms with van der Waals surface area (Å²) in [6, 6.07) is 9.45. The number of aryl methyl sites for hydroxylation is 2. The normalized spacial score (nSPS) is 10.3. The standard InChI is InChI=1S/C15H15FN2O/c1-9-3-5-12(10(2)7-9)15(19)18-14-6-4-11(16)8-13(14)17/h3-8H,17H2,1-2H3,(H,18,19). The van der Waals surface area contributed by atoms with Crippen molar-refractivity contribution in [2.24, 2.45) is 0 Å². The van der Waals surface area contributed by atoms with E-state index < -0.39 is 5.82 Å². The van der Waals surface area contributed by atoms with Gasteiger partial charge in [0, 0.05) is 5.56 Å². The molecule has 0 unspecified atom stereocenters. The van der Waals surface area contributed by atoms with Crippen LogP contribution in [0.4, 0.5) is 15.8 Å². The second-order valence-electron chi connectivity index (χ2n) is 4.50. The van der Waals surface area contributed by atoms with Gasteiger partial charge in [-0.1, -0.05) is 17.7 Å². The van der Waals surface area contributed by atoms with Gasteiger partial charge in [-0.05, 0) is 43.7 Å². The van der Waals surface area contributed by atoms with E-state index in [4.69, 9.17) is 5.73 Å². The lowest BCUT2D eigenvalue weighted by Crippen LogP contribution is -2.14. The molecule has 19 heavy (non-hydrogen) atoms. The maximum Gasteiger partial charge on any atom is 0.255 e. The van der Waals surface area contributed by atoms with Crippen molar-refractivity contribution in [1.29, 1.82) is 0 Å². The highest BCUT2D eigenvalue weighted by Gasteiger charge is 2.11. The number of anilines is 2. The van der Waals surface area contributed by atoms with Crippen LogP contribution in [0.3, 0.4) is 0 Å². The van der Waals surface area contributed by atoms with Gasteiger partial charge in [0.2, 0.25) is 0 Å². The van der Waals surface area contributed by atoms with Gasteiger partial charge in [-0.3, -0.25) is 4.79 Å². The number of rotatable bonds is 2. The molecule has 0 spiro atoms. The van der Waals surface area contributed by atoms with Crippen molar-refractivity contribution in [3.63, 3.8) is 0 Å². The summed E-state index contributed by atoms with van der Waals surface area (Å²) in [6.45, 7) is 3.84. The van der Waals surface area contributed by atoms with Crippen LogP contribution in [-0.2, 0) is 0 Å². The van der Waals surface area contributed by atoms with Crippen LogP contribution in [0.1, 0.15) is 21.5 Å². The molecule has 2 rings (SSSR count). The predicted octanol–water partition coefficient (Wildman–Crippen LogP) is 3.28. The van der Waals surface area contributed by atoms with Crippen molar-refractivity contribution in [2.45, 2.75) is 13.8 Å². The molecular formula is C15H15FN2O. The molecule has 0 saturated heterocycles. The molecule has 0 radical (unpaired) electrons. The molecule has 0 aliphatic carbocycles. The average molecular weight is 258 g/mol. The first kappa shape index (κ1) is 13.1. The number of carbonyl (C=O) groups is 1. The zero-order valence-corrected chi connectivity index (χ0v) is 10.8. The van der Waals surface area contributed by atoms with Gasteiger partial charge in [0.05, 0.1) is 11.4 Å². The first-order valence-corrected chi connectivity index (χ1v) is 5.91. The van der Waals surface area contributed by atoms with Gasteiger partial charge in [-0.15, -0.1) is 0 Å². The quantitative estimate of drug-likeness (QED) is 0.812. The van der Waals surface area contributed by atoms with E-state index in [1.807, 2.05) is 26.0 Å². The van der Waals surface area contributed by atoms with E-state index in [1.165, 1.54) is 18.2 Å².